The van der Waals surface area contributed by atoms with Gasteiger partial charge in [0, 0.05) is 27.6 Å². The van der Waals surface area contributed by atoms with E-state index in [0.717, 1.165) is 0 Å². The summed E-state index contributed by atoms with van der Waals surface area (Å²) in [6.07, 6.45) is -11.7. The van der Waals surface area contributed by atoms with Crippen LogP contribution in [0.25, 0.3) is 10.8 Å². The van der Waals surface area contributed by atoms with Gasteiger partial charge in [-0.15, -0.1) is 0 Å². The van der Waals surface area contributed by atoms with Crippen molar-refractivity contribution in [3.05, 3.63) is 81.8 Å². The highest BCUT2D eigenvalue weighted by Crippen LogP contribution is 2.33. The number of hydrogen-bond acceptors (Lipinski definition) is 4. The molecule has 4 rings (SSSR count). The standard InChI is InChI=1S/C19H15F6N3O3.C6H4Cl2/c20-18(21,22)9-27-16(29)8-26-17(30)13-6-5-12(10-3-1-2-4-11(10)13)14-7-15(31-28-14)19(23,24)25;7-5-2-1-3-6(8)4-5/h1-6,15H,7-9H2,(H,26,30)(H,27,29);1-4H. The molecule has 0 aliphatic carbocycles. The van der Waals surface area contributed by atoms with E-state index in [-0.39, 0.29) is 11.3 Å². The quantitative estimate of drug-likeness (QED) is 0.341. The molecule has 0 radical (unpaired) electrons. The minimum absolute atomic E-state index is 0.0667. The van der Waals surface area contributed by atoms with E-state index in [1.165, 1.54) is 12.1 Å². The van der Waals surface area contributed by atoms with Crippen LogP contribution in [0.3, 0.4) is 0 Å². The molecule has 0 fully saturated rings. The predicted molar refractivity (Wildman–Crippen MR) is 134 cm³/mol. The first-order chi connectivity index (χ1) is 18.2. The second kappa shape index (κ2) is 12.6. The molecule has 3 aromatic carbocycles. The summed E-state index contributed by atoms with van der Waals surface area (Å²) in [5, 5.41) is 9.54. The molecule has 0 spiro atoms. The third-order valence-corrected chi connectivity index (χ3v) is 5.67. The van der Waals surface area contributed by atoms with Gasteiger partial charge in [-0.3, -0.25) is 9.59 Å². The van der Waals surface area contributed by atoms with E-state index in [2.05, 4.69) is 15.3 Å². The highest BCUT2D eigenvalue weighted by molar-refractivity contribution is 6.34. The van der Waals surface area contributed by atoms with Crippen LogP contribution in [0, 0.1) is 0 Å². The summed E-state index contributed by atoms with van der Waals surface area (Å²) in [5.41, 5.74) is 0.508. The van der Waals surface area contributed by atoms with Crippen molar-refractivity contribution in [2.45, 2.75) is 24.9 Å². The Morgan fingerprint density at radius 3 is 2.08 bits per heavy atom. The number of alkyl halides is 6. The molecule has 0 bridgehead atoms. The fraction of sp³-hybridized carbons (Fsp3) is 0.240. The van der Waals surface area contributed by atoms with E-state index in [0.29, 0.717) is 26.4 Å². The number of carbonyl (C=O) groups is 2. The molecule has 2 amide bonds. The zero-order chi connectivity index (χ0) is 28.8. The molecule has 3 aromatic rings. The zero-order valence-corrected chi connectivity index (χ0v) is 21.2. The average Bonchev–Trinajstić information content (AvgIpc) is 3.36. The Kier molecular flexibility index (Phi) is 9.68. The Hall–Kier alpha value is -3.51. The van der Waals surface area contributed by atoms with Crippen LogP contribution >= 0.6 is 23.2 Å². The highest BCUT2D eigenvalue weighted by Gasteiger charge is 2.46. The van der Waals surface area contributed by atoms with Crippen LogP contribution in [-0.2, 0) is 9.63 Å². The summed E-state index contributed by atoms with van der Waals surface area (Å²) in [5.74, 6) is -1.76. The lowest BCUT2D eigenvalue weighted by Gasteiger charge is -2.13. The van der Waals surface area contributed by atoms with Crippen molar-refractivity contribution in [2.75, 3.05) is 13.1 Å². The molecule has 0 saturated carbocycles. The summed E-state index contributed by atoms with van der Waals surface area (Å²) in [6.45, 7) is -2.21. The van der Waals surface area contributed by atoms with E-state index in [1.807, 2.05) is 6.07 Å². The van der Waals surface area contributed by atoms with Crippen molar-refractivity contribution in [1.82, 2.24) is 10.6 Å². The smallest absolute Gasteiger partial charge is 0.382 e. The molecule has 1 heterocycles. The topological polar surface area (TPSA) is 79.8 Å². The first-order valence-corrected chi connectivity index (χ1v) is 11.8. The summed E-state index contributed by atoms with van der Waals surface area (Å²) < 4.78 is 75.0. The average molecular weight is 594 g/mol. The van der Waals surface area contributed by atoms with Crippen LogP contribution in [0.5, 0.6) is 0 Å². The van der Waals surface area contributed by atoms with Crippen LogP contribution in [0.15, 0.2) is 65.8 Å². The summed E-state index contributed by atoms with van der Waals surface area (Å²) in [4.78, 5) is 28.4. The SMILES string of the molecule is Clc1cccc(Cl)c1.O=C(CNC(=O)c1ccc(C2=NOC(C(F)(F)F)C2)c2ccccc12)NCC(F)(F)F. The molecule has 2 N–H and O–H groups in total. The van der Waals surface area contributed by atoms with E-state index in [4.69, 9.17) is 23.2 Å². The van der Waals surface area contributed by atoms with E-state index < -0.39 is 49.8 Å². The van der Waals surface area contributed by atoms with Gasteiger partial charge in [0.05, 0.1) is 12.3 Å². The van der Waals surface area contributed by atoms with E-state index in [1.54, 1.807) is 47.8 Å². The predicted octanol–water partition coefficient (Wildman–Crippen LogP) is 6.30. The van der Waals surface area contributed by atoms with Gasteiger partial charge < -0.3 is 15.5 Å². The van der Waals surface area contributed by atoms with Gasteiger partial charge in [-0.2, -0.15) is 26.3 Å². The lowest BCUT2D eigenvalue weighted by Crippen LogP contribution is -2.40. The van der Waals surface area contributed by atoms with Crippen molar-refractivity contribution in [3.63, 3.8) is 0 Å². The van der Waals surface area contributed by atoms with Gasteiger partial charge in [-0.05, 0) is 35.0 Å². The molecule has 1 unspecified atom stereocenters. The first kappa shape index (κ1) is 30.0. The van der Waals surface area contributed by atoms with Crippen molar-refractivity contribution in [2.24, 2.45) is 5.16 Å². The summed E-state index contributed by atoms with van der Waals surface area (Å²) >= 11 is 11.1. The van der Waals surface area contributed by atoms with Crippen LogP contribution < -0.4 is 10.6 Å². The maximum atomic E-state index is 12.9. The number of nitrogens with zero attached hydrogens (tertiary/aromatic N) is 1. The Balaban J connectivity index is 0.000000449. The maximum absolute atomic E-state index is 12.9. The number of amides is 2. The van der Waals surface area contributed by atoms with Crippen LogP contribution in [0.2, 0.25) is 10.0 Å². The lowest BCUT2D eigenvalue weighted by atomic mass is 9.94. The normalized spacial score (nSPS) is 15.1. The minimum Gasteiger partial charge on any atom is -0.382 e. The van der Waals surface area contributed by atoms with Gasteiger partial charge in [0.1, 0.15) is 6.54 Å². The third kappa shape index (κ3) is 8.75. The number of benzene rings is 3. The molecule has 1 atom stereocenters. The van der Waals surface area contributed by atoms with Gasteiger partial charge in [0.25, 0.3) is 5.91 Å². The fourth-order valence-electron chi connectivity index (χ4n) is 3.44. The molecule has 1 aliphatic rings. The number of fused-ring (bicyclic) bond motifs is 1. The van der Waals surface area contributed by atoms with Crippen molar-refractivity contribution in [3.8, 4) is 0 Å². The molecule has 14 heteroatoms. The van der Waals surface area contributed by atoms with Crippen LogP contribution in [0.1, 0.15) is 22.3 Å². The summed E-state index contributed by atoms with van der Waals surface area (Å²) in [7, 11) is 0. The Morgan fingerprint density at radius 1 is 0.897 bits per heavy atom. The number of rotatable bonds is 5. The summed E-state index contributed by atoms with van der Waals surface area (Å²) in [6, 6.07) is 16.2. The Morgan fingerprint density at radius 2 is 1.54 bits per heavy atom. The van der Waals surface area contributed by atoms with E-state index in [9.17, 15) is 35.9 Å². The second-order valence-corrected chi connectivity index (χ2v) is 8.97. The van der Waals surface area contributed by atoms with Gasteiger partial charge in [-0.25, -0.2) is 0 Å². The van der Waals surface area contributed by atoms with Crippen molar-refractivity contribution < 1.29 is 40.8 Å². The van der Waals surface area contributed by atoms with E-state index >= 15 is 0 Å². The molecule has 1 aliphatic heterocycles. The number of nitrogens with one attached hydrogen (secondary N) is 2. The largest absolute Gasteiger partial charge is 0.428 e. The van der Waals surface area contributed by atoms with Gasteiger partial charge >= 0.3 is 12.4 Å². The monoisotopic (exact) mass is 593 g/mol. The molecule has 208 valence electrons. The molecular formula is C25H19Cl2F6N3O3. The lowest BCUT2D eigenvalue weighted by molar-refractivity contribution is -0.212. The molecule has 39 heavy (non-hydrogen) atoms. The number of oxime groups is 1. The maximum Gasteiger partial charge on any atom is 0.428 e. The zero-order valence-electron chi connectivity index (χ0n) is 19.7. The molecular weight excluding hydrogens is 575 g/mol. The van der Waals surface area contributed by atoms with Crippen LogP contribution in [-0.4, -0.2) is 49.1 Å². The Bertz CT molecular complexity index is 1360. The van der Waals surface area contributed by atoms with Gasteiger partial charge in [0.2, 0.25) is 12.0 Å². The Labute approximate surface area is 227 Å². The molecule has 0 aromatic heterocycles. The number of halogens is 8. The third-order valence-electron chi connectivity index (χ3n) is 5.20. The van der Waals surface area contributed by atoms with Gasteiger partial charge in [-0.1, -0.05) is 64.8 Å². The van der Waals surface area contributed by atoms with Crippen LogP contribution in [0.4, 0.5) is 26.3 Å². The number of hydrogen-bond donors (Lipinski definition) is 2. The van der Waals surface area contributed by atoms with Gasteiger partial charge in [0.15, 0.2) is 0 Å². The fourth-order valence-corrected chi connectivity index (χ4v) is 3.87. The minimum atomic E-state index is -4.58. The number of carbonyl (C=O) groups excluding carboxylic acids is 2. The molecule has 0 saturated heterocycles. The van der Waals surface area contributed by atoms with Crippen molar-refractivity contribution in [1.29, 1.82) is 0 Å². The van der Waals surface area contributed by atoms with Crippen molar-refractivity contribution >= 4 is 51.5 Å². The molecule has 6 nitrogen and oxygen atoms in total. The highest BCUT2D eigenvalue weighted by atomic mass is 35.5. The first-order valence-electron chi connectivity index (χ1n) is 11.1. The second-order valence-electron chi connectivity index (χ2n) is 8.10.